The van der Waals surface area contributed by atoms with Crippen LogP contribution in [0, 0.1) is 12.8 Å². The third kappa shape index (κ3) is 3.88. The lowest BCUT2D eigenvalue weighted by Gasteiger charge is -2.21. The van der Waals surface area contributed by atoms with Crippen LogP contribution in [-0.2, 0) is 4.74 Å². The Bertz CT molecular complexity index is 460. The Hall–Kier alpha value is -1.20. The van der Waals surface area contributed by atoms with Crippen LogP contribution in [-0.4, -0.2) is 36.8 Å². The number of likely N-dealkylation sites (N-methyl/N-ethyl adjacent to an activating group) is 1. The maximum absolute atomic E-state index is 5.79. The van der Waals surface area contributed by atoms with Crippen LogP contribution in [0.3, 0.4) is 0 Å². The van der Waals surface area contributed by atoms with E-state index in [9.17, 15) is 0 Å². The maximum Gasteiger partial charge on any atom is 0.138 e. The van der Waals surface area contributed by atoms with E-state index in [1.807, 2.05) is 24.9 Å². The number of pyridine rings is 1. The van der Waals surface area contributed by atoms with Gasteiger partial charge >= 0.3 is 0 Å². The first kappa shape index (κ1) is 14.2. The van der Waals surface area contributed by atoms with Gasteiger partial charge in [-0.2, -0.15) is 0 Å². The number of nitrogens with two attached hydrogens (primary N) is 1. The molecule has 4 nitrogen and oxygen atoms in total. The van der Waals surface area contributed by atoms with Crippen molar-refractivity contribution in [2.24, 2.45) is 11.7 Å². The summed E-state index contributed by atoms with van der Waals surface area (Å²) in [7, 11) is 1.99. The van der Waals surface area contributed by atoms with E-state index >= 15 is 0 Å². The van der Waals surface area contributed by atoms with Crippen LogP contribution in [0.2, 0.25) is 0 Å². The lowest BCUT2D eigenvalue weighted by atomic mass is 10.1. The highest BCUT2D eigenvalue weighted by Gasteiger charge is 2.21. The normalized spacial score (nSPS) is 14.4. The molecule has 1 aromatic rings. The average Bonchev–Trinajstić information content (AvgIpc) is 3.17. The number of thiocarbonyl (C=S) groups is 1. The first-order valence-electron chi connectivity index (χ1n) is 6.64. The van der Waals surface area contributed by atoms with Gasteiger partial charge in [0.15, 0.2) is 0 Å². The average molecular weight is 279 g/mol. The number of nitrogens with zero attached hydrogens (tertiary/aromatic N) is 2. The fourth-order valence-corrected chi connectivity index (χ4v) is 2.23. The molecule has 1 aliphatic carbocycles. The van der Waals surface area contributed by atoms with E-state index in [0.717, 1.165) is 36.0 Å². The molecule has 1 heterocycles. The number of hydrogen-bond acceptors (Lipinski definition) is 4. The summed E-state index contributed by atoms with van der Waals surface area (Å²) in [6.07, 6.45) is 4.43. The van der Waals surface area contributed by atoms with Crippen molar-refractivity contribution < 1.29 is 4.74 Å². The maximum atomic E-state index is 5.79. The zero-order chi connectivity index (χ0) is 13.8. The predicted molar refractivity (Wildman–Crippen MR) is 81.7 cm³/mol. The molecular weight excluding hydrogens is 258 g/mol. The van der Waals surface area contributed by atoms with E-state index in [2.05, 4.69) is 4.98 Å². The number of rotatable bonds is 7. The molecule has 1 aliphatic rings. The summed E-state index contributed by atoms with van der Waals surface area (Å²) in [6, 6.07) is 1.93. The minimum Gasteiger partial charge on any atom is -0.389 e. The first-order chi connectivity index (χ1) is 9.09. The van der Waals surface area contributed by atoms with E-state index in [0.29, 0.717) is 11.6 Å². The van der Waals surface area contributed by atoms with Gasteiger partial charge < -0.3 is 15.4 Å². The summed E-state index contributed by atoms with van der Waals surface area (Å²) in [5.74, 6) is 1.64. The molecule has 2 rings (SSSR count). The summed E-state index contributed by atoms with van der Waals surface area (Å²) >= 11 is 5.11. The molecule has 0 spiro atoms. The van der Waals surface area contributed by atoms with Gasteiger partial charge in [0, 0.05) is 26.4 Å². The second-order valence-corrected chi connectivity index (χ2v) is 5.57. The van der Waals surface area contributed by atoms with Gasteiger partial charge in [0.1, 0.15) is 10.8 Å². The molecule has 0 bridgehead atoms. The highest BCUT2D eigenvalue weighted by atomic mass is 32.1. The number of aryl methyl sites for hydroxylation is 1. The van der Waals surface area contributed by atoms with Gasteiger partial charge in [0.2, 0.25) is 0 Å². The van der Waals surface area contributed by atoms with Crippen molar-refractivity contribution in [3.05, 3.63) is 23.4 Å². The zero-order valence-electron chi connectivity index (χ0n) is 11.6. The van der Waals surface area contributed by atoms with Crippen molar-refractivity contribution in [1.29, 1.82) is 0 Å². The second kappa shape index (κ2) is 6.30. The Morgan fingerprint density at radius 1 is 1.58 bits per heavy atom. The van der Waals surface area contributed by atoms with E-state index in [4.69, 9.17) is 22.7 Å². The van der Waals surface area contributed by atoms with Crippen molar-refractivity contribution in [2.45, 2.75) is 19.8 Å². The molecule has 0 saturated heterocycles. The fraction of sp³-hybridized carbons (Fsp3) is 0.571. The van der Waals surface area contributed by atoms with Gasteiger partial charge in [0.05, 0.1) is 12.2 Å². The minimum absolute atomic E-state index is 0.395. The van der Waals surface area contributed by atoms with Gasteiger partial charge in [-0.25, -0.2) is 4.98 Å². The summed E-state index contributed by atoms with van der Waals surface area (Å²) in [6.45, 7) is 4.38. The van der Waals surface area contributed by atoms with Crippen molar-refractivity contribution in [1.82, 2.24) is 4.98 Å². The second-order valence-electron chi connectivity index (χ2n) is 5.13. The summed E-state index contributed by atoms with van der Waals surface area (Å²) in [5, 5.41) is 0. The quantitative estimate of drug-likeness (QED) is 0.610. The van der Waals surface area contributed by atoms with Crippen molar-refractivity contribution in [2.75, 3.05) is 31.7 Å². The molecule has 0 atom stereocenters. The topological polar surface area (TPSA) is 51.4 Å². The number of aromatic nitrogens is 1. The van der Waals surface area contributed by atoms with Gasteiger partial charge in [-0.3, -0.25) is 0 Å². The SMILES string of the molecule is Cc1ccnc(N(C)CCOCC2CC2)c1C(N)=S. The molecule has 19 heavy (non-hydrogen) atoms. The number of anilines is 1. The summed E-state index contributed by atoms with van der Waals surface area (Å²) < 4.78 is 5.65. The number of hydrogen-bond donors (Lipinski definition) is 1. The molecule has 104 valence electrons. The van der Waals surface area contributed by atoms with Crippen LogP contribution in [0.4, 0.5) is 5.82 Å². The fourth-order valence-electron chi connectivity index (χ4n) is 1.98. The first-order valence-corrected chi connectivity index (χ1v) is 7.04. The number of ether oxygens (including phenoxy) is 1. The van der Waals surface area contributed by atoms with Crippen LogP contribution < -0.4 is 10.6 Å². The van der Waals surface area contributed by atoms with E-state index in [-0.39, 0.29) is 0 Å². The molecule has 0 radical (unpaired) electrons. The Morgan fingerprint density at radius 2 is 2.32 bits per heavy atom. The third-order valence-electron chi connectivity index (χ3n) is 3.37. The molecule has 0 aliphatic heterocycles. The highest BCUT2D eigenvalue weighted by molar-refractivity contribution is 7.80. The molecule has 0 unspecified atom stereocenters. The van der Waals surface area contributed by atoms with Gasteiger partial charge in [0.25, 0.3) is 0 Å². The predicted octanol–water partition coefficient (Wildman–Crippen LogP) is 1.89. The van der Waals surface area contributed by atoms with E-state index in [1.54, 1.807) is 6.20 Å². The van der Waals surface area contributed by atoms with Crippen LogP contribution >= 0.6 is 12.2 Å². The van der Waals surface area contributed by atoms with Gasteiger partial charge in [-0.1, -0.05) is 12.2 Å². The van der Waals surface area contributed by atoms with Crippen LogP contribution in [0.5, 0.6) is 0 Å². The molecule has 1 saturated carbocycles. The minimum atomic E-state index is 0.395. The molecule has 5 heteroatoms. The van der Waals surface area contributed by atoms with Gasteiger partial charge in [-0.15, -0.1) is 0 Å². The smallest absolute Gasteiger partial charge is 0.138 e. The molecule has 0 aromatic carbocycles. The summed E-state index contributed by atoms with van der Waals surface area (Å²) in [4.78, 5) is 6.83. The largest absolute Gasteiger partial charge is 0.389 e. The van der Waals surface area contributed by atoms with E-state index < -0.39 is 0 Å². The van der Waals surface area contributed by atoms with E-state index in [1.165, 1.54) is 12.8 Å². The third-order valence-corrected chi connectivity index (χ3v) is 3.57. The molecule has 0 amide bonds. The Balaban J connectivity index is 1.95. The lowest BCUT2D eigenvalue weighted by Crippen LogP contribution is -2.27. The standard InChI is InChI=1S/C14H21N3OS/c1-10-5-6-16-14(12(10)13(15)19)17(2)7-8-18-9-11-3-4-11/h5-6,11H,3-4,7-9H2,1-2H3,(H2,15,19). The van der Waals surface area contributed by atoms with Crippen LogP contribution in [0.25, 0.3) is 0 Å². The molecule has 2 N–H and O–H groups in total. The Labute approximate surface area is 120 Å². The summed E-state index contributed by atoms with van der Waals surface area (Å²) in [5.41, 5.74) is 7.71. The van der Waals surface area contributed by atoms with Gasteiger partial charge in [-0.05, 0) is 37.3 Å². The van der Waals surface area contributed by atoms with Crippen molar-refractivity contribution in [3.63, 3.8) is 0 Å². The van der Waals surface area contributed by atoms with Crippen molar-refractivity contribution in [3.8, 4) is 0 Å². The lowest BCUT2D eigenvalue weighted by molar-refractivity contribution is 0.131. The zero-order valence-corrected chi connectivity index (χ0v) is 12.4. The highest BCUT2D eigenvalue weighted by Crippen LogP contribution is 2.28. The van der Waals surface area contributed by atoms with Crippen LogP contribution in [0.1, 0.15) is 24.0 Å². The van der Waals surface area contributed by atoms with Crippen molar-refractivity contribution >= 4 is 23.0 Å². The molecule has 1 fully saturated rings. The molecular formula is C14H21N3OS. The van der Waals surface area contributed by atoms with Crippen LogP contribution in [0.15, 0.2) is 12.3 Å². The molecule has 1 aromatic heterocycles. The Morgan fingerprint density at radius 3 is 2.95 bits per heavy atom. The monoisotopic (exact) mass is 279 g/mol. The Kier molecular flexibility index (Phi) is 4.71.